The molecule has 0 saturated heterocycles. The molecule has 3 aromatic rings. The molecule has 0 aromatic heterocycles. The average Bonchev–Trinajstić information content (AvgIpc) is 2.95. The van der Waals surface area contributed by atoms with Crippen LogP contribution in [0.25, 0.3) is 0 Å². The van der Waals surface area contributed by atoms with Crippen molar-refractivity contribution in [2.75, 3.05) is 0 Å². The van der Waals surface area contributed by atoms with Gasteiger partial charge in [0.15, 0.2) is 5.71 Å². The lowest BCUT2D eigenvalue weighted by Gasteiger charge is -2.09. The summed E-state index contributed by atoms with van der Waals surface area (Å²) in [5.41, 5.74) is -0.984. The van der Waals surface area contributed by atoms with Crippen LogP contribution in [-0.2, 0) is 43.2 Å². The molecular weight excluding hydrogens is 570 g/mol. The molecule has 0 spiro atoms. The highest BCUT2D eigenvalue weighted by Gasteiger charge is 2.23. The maximum atomic E-state index is 12.6. The van der Waals surface area contributed by atoms with Crippen LogP contribution < -0.4 is 0 Å². The summed E-state index contributed by atoms with van der Waals surface area (Å²) in [5, 5.41) is 10.8. The summed E-state index contributed by atoms with van der Waals surface area (Å²) >= 11 is 0. The third kappa shape index (κ3) is 7.95. The van der Waals surface area contributed by atoms with Gasteiger partial charge in [0.25, 0.3) is 0 Å². The molecule has 0 radical (unpaired) electrons. The first-order chi connectivity index (χ1) is 18.5. The van der Waals surface area contributed by atoms with Crippen molar-refractivity contribution in [3.8, 4) is 0 Å². The maximum absolute atomic E-state index is 12.6. The van der Waals surface area contributed by atoms with Gasteiger partial charge in [0, 0.05) is 0 Å². The van der Waals surface area contributed by atoms with Crippen LogP contribution in [0.1, 0.15) is 20.3 Å². The third-order valence-electron chi connectivity index (χ3n) is 4.79. The average molecular weight is 594 g/mol. The van der Waals surface area contributed by atoms with E-state index in [2.05, 4.69) is 15.5 Å². The van der Waals surface area contributed by atoms with Crippen LogP contribution in [0.3, 0.4) is 0 Å². The van der Waals surface area contributed by atoms with E-state index in [4.69, 9.17) is 12.9 Å². The fourth-order valence-corrected chi connectivity index (χ4v) is 5.12. The molecule has 206 valence electrons. The highest BCUT2D eigenvalue weighted by Crippen LogP contribution is 2.16. The molecule has 3 aromatic carbocycles. The summed E-state index contributed by atoms with van der Waals surface area (Å²) in [6.45, 7) is 2.77. The van der Waals surface area contributed by atoms with E-state index in [1.807, 2.05) is 0 Å². The number of nitrogens with zero attached hydrogens (tertiary/aromatic N) is 3. The number of rotatable bonds is 12. The lowest BCUT2D eigenvalue weighted by molar-refractivity contribution is 0.332. The first-order valence-corrected chi connectivity index (χ1v) is 15.3. The largest absolute Gasteiger partial charge is 0.358 e. The van der Waals surface area contributed by atoms with Gasteiger partial charge in [0.05, 0.1) is 0 Å². The second kappa shape index (κ2) is 12.6. The second-order valence-electron chi connectivity index (χ2n) is 7.53. The minimum atomic E-state index is -4.42. The van der Waals surface area contributed by atoms with Gasteiger partial charge in [-0.15, -0.1) is 0 Å². The van der Waals surface area contributed by atoms with Crippen LogP contribution in [0.15, 0.2) is 121 Å². The monoisotopic (exact) mass is 593 g/mol. The molecule has 0 aliphatic rings. The molecule has 0 aliphatic carbocycles. The third-order valence-corrected chi connectivity index (χ3v) is 8.15. The summed E-state index contributed by atoms with van der Waals surface area (Å²) in [5.74, 6) is 0. The van der Waals surface area contributed by atoms with Crippen molar-refractivity contribution in [2.45, 2.75) is 35.0 Å². The van der Waals surface area contributed by atoms with Gasteiger partial charge in [0.1, 0.15) is 26.1 Å². The Morgan fingerprint density at radius 2 is 0.897 bits per heavy atom. The van der Waals surface area contributed by atoms with Gasteiger partial charge in [0.2, 0.25) is 0 Å². The van der Waals surface area contributed by atoms with Gasteiger partial charge >= 0.3 is 30.4 Å². The van der Waals surface area contributed by atoms with Gasteiger partial charge in [-0.1, -0.05) is 77.0 Å². The first-order valence-electron chi connectivity index (χ1n) is 11.1. The van der Waals surface area contributed by atoms with Crippen molar-refractivity contribution in [3.63, 3.8) is 0 Å². The standard InChI is InChI=1S/C24H23N3O9S3/c1-3-23(26-35-38(30,31)21-15-9-5-10-16-21)24(27-36-39(32,33)22-17-11-6-12-18-22)19(2)25-34-37(28,29)20-13-7-4-8-14-20/h4-18H,3H2,1-2H3/b25-19+,26-23+,27-24-. The van der Waals surface area contributed by atoms with Crippen molar-refractivity contribution in [1.82, 2.24) is 0 Å². The fourth-order valence-electron chi connectivity index (χ4n) is 2.82. The zero-order chi connectivity index (χ0) is 28.5. The minimum Gasteiger partial charge on any atom is -0.264 e. The minimum absolute atomic E-state index is 0.0593. The Morgan fingerprint density at radius 1 is 0.564 bits per heavy atom. The molecule has 0 fully saturated rings. The van der Waals surface area contributed by atoms with Gasteiger partial charge < -0.3 is 0 Å². The highest BCUT2D eigenvalue weighted by molar-refractivity contribution is 7.87. The zero-order valence-corrected chi connectivity index (χ0v) is 23.1. The van der Waals surface area contributed by atoms with Gasteiger partial charge in [-0.2, -0.15) is 25.3 Å². The van der Waals surface area contributed by atoms with Crippen molar-refractivity contribution in [3.05, 3.63) is 91.0 Å². The van der Waals surface area contributed by atoms with Crippen molar-refractivity contribution < 1.29 is 38.1 Å². The molecule has 0 atom stereocenters. The first kappa shape index (κ1) is 29.5. The Labute approximate surface area is 226 Å². The molecule has 3 rings (SSSR count). The van der Waals surface area contributed by atoms with Gasteiger partial charge in [-0.25, -0.2) is 0 Å². The normalized spacial score (nSPS) is 13.5. The smallest absolute Gasteiger partial charge is 0.264 e. The van der Waals surface area contributed by atoms with E-state index in [1.165, 1.54) is 86.6 Å². The molecule has 0 aliphatic heterocycles. The predicted octanol–water partition coefficient (Wildman–Crippen LogP) is 3.70. The molecule has 15 heteroatoms. The molecule has 0 heterocycles. The van der Waals surface area contributed by atoms with Crippen molar-refractivity contribution in [1.29, 1.82) is 0 Å². The van der Waals surface area contributed by atoms with E-state index in [0.717, 1.165) is 0 Å². The number of hydrogen-bond donors (Lipinski definition) is 0. The van der Waals surface area contributed by atoms with E-state index in [9.17, 15) is 25.3 Å². The summed E-state index contributed by atoms with van der Waals surface area (Å²) in [6, 6.07) is 21.4. The van der Waals surface area contributed by atoms with Crippen LogP contribution in [0.4, 0.5) is 0 Å². The highest BCUT2D eigenvalue weighted by atomic mass is 32.2. The second-order valence-corrected chi connectivity index (χ2v) is 12.1. The lowest BCUT2D eigenvalue weighted by Crippen LogP contribution is -2.24. The number of benzene rings is 3. The van der Waals surface area contributed by atoms with Crippen LogP contribution in [0, 0.1) is 0 Å². The van der Waals surface area contributed by atoms with Crippen LogP contribution in [0.5, 0.6) is 0 Å². The quantitative estimate of drug-likeness (QED) is 0.225. The molecule has 0 bridgehead atoms. The topological polar surface area (TPSA) is 167 Å². The summed E-state index contributed by atoms with van der Waals surface area (Å²) in [4.78, 5) is -0.596. The maximum Gasteiger partial charge on any atom is 0.358 e. The Hall–Kier alpha value is -4.08. The fraction of sp³-hybridized carbons (Fsp3) is 0.125. The Balaban J connectivity index is 2.00. The van der Waals surface area contributed by atoms with E-state index in [-0.39, 0.29) is 32.5 Å². The lowest BCUT2D eigenvalue weighted by atomic mass is 10.1. The Bertz CT molecular complexity index is 1690. The van der Waals surface area contributed by atoms with E-state index in [1.54, 1.807) is 18.2 Å². The van der Waals surface area contributed by atoms with Crippen LogP contribution in [-0.4, -0.2) is 42.4 Å². The Morgan fingerprint density at radius 3 is 1.26 bits per heavy atom. The summed E-state index contributed by atoms with van der Waals surface area (Å²) < 4.78 is 89.6. The molecule has 0 amide bonds. The summed E-state index contributed by atoms with van der Waals surface area (Å²) in [6.07, 6.45) is -0.0593. The zero-order valence-electron chi connectivity index (χ0n) is 20.6. The van der Waals surface area contributed by atoms with Crippen LogP contribution in [0.2, 0.25) is 0 Å². The number of oxime groups is 3. The molecule has 39 heavy (non-hydrogen) atoms. The molecule has 0 saturated carbocycles. The van der Waals surface area contributed by atoms with Crippen molar-refractivity contribution in [2.24, 2.45) is 15.5 Å². The summed E-state index contributed by atoms with van der Waals surface area (Å²) in [7, 11) is -13.1. The van der Waals surface area contributed by atoms with E-state index >= 15 is 0 Å². The molecule has 12 nitrogen and oxygen atoms in total. The molecule has 0 N–H and O–H groups in total. The Kier molecular flexibility index (Phi) is 9.56. The molecular formula is C24H23N3O9S3. The van der Waals surface area contributed by atoms with Gasteiger partial charge in [-0.3, -0.25) is 12.9 Å². The molecule has 0 unspecified atom stereocenters. The van der Waals surface area contributed by atoms with E-state index in [0.29, 0.717) is 0 Å². The van der Waals surface area contributed by atoms with E-state index < -0.39 is 36.1 Å². The van der Waals surface area contributed by atoms with Crippen molar-refractivity contribution >= 4 is 47.5 Å². The SMILES string of the molecule is CCC(=N\OS(=O)(=O)c1ccccc1)/C(=N\OS(=O)(=O)c1ccccc1)C(/C)=N/OS(=O)(=O)c1ccccc1. The van der Waals surface area contributed by atoms with Crippen LogP contribution >= 0.6 is 0 Å². The number of hydrogen-bond acceptors (Lipinski definition) is 12. The van der Waals surface area contributed by atoms with Gasteiger partial charge in [-0.05, 0) is 49.7 Å². The predicted molar refractivity (Wildman–Crippen MR) is 142 cm³/mol.